The van der Waals surface area contributed by atoms with Gasteiger partial charge in [-0.25, -0.2) is 0 Å². The fourth-order valence-corrected chi connectivity index (χ4v) is 2.73. The van der Waals surface area contributed by atoms with Crippen LogP contribution in [0.2, 0.25) is 0 Å². The molecule has 1 atom stereocenters. The van der Waals surface area contributed by atoms with Gasteiger partial charge in [-0.05, 0) is 25.8 Å². The van der Waals surface area contributed by atoms with Crippen LogP contribution in [0.4, 0.5) is 0 Å². The van der Waals surface area contributed by atoms with Gasteiger partial charge in [-0.15, -0.1) is 0 Å². The molecule has 0 aliphatic carbocycles. The van der Waals surface area contributed by atoms with Crippen LogP contribution >= 0.6 is 0 Å². The molecule has 0 aromatic carbocycles. The van der Waals surface area contributed by atoms with E-state index in [2.05, 4.69) is 16.5 Å². The summed E-state index contributed by atoms with van der Waals surface area (Å²) in [7, 11) is 1.69. The van der Waals surface area contributed by atoms with Gasteiger partial charge in [0.1, 0.15) is 11.9 Å². The summed E-state index contributed by atoms with van der Waals surface area (Å²) in [6.07, 6.45) is 2.85. The monoisotopic (exact) mass is 321 g/mol. The number of methoxy groups -OCH3 is 1. The second-order valence-electron chi connectivity index (χ2n) is 5.72. The molecule has 3 rings (SSSR count). The lowest BCUT2D eigenvalue weighted by Crippen LogP contribution is -2.20. The van der Waals surface area contributed by atoms with Crippen LogP contribution in [0.15, 0.2) is 10.7 Å². The van der Waals surface area contributed by atoms with Gasteiger partial charge in [0.05, 0.1) is 44.4 Å². The molecule has 0 saturated heterocycles. The number of rotatable bonds is 7. The largest absolute Gasteiger partial charge is 0.383 e. The maximum Gasteiger partial charge on any atom is 0.139 e. The molecule has 0 saturated carbocycles. The minimum Gasteiger partial charge on any atom is -0.383 e. The molecule has 2 aromatic heterocycles. The van der Waals surface area contributed by atoms with Crippen LogP contribution in [0.5, 0.6) is 0 Å². The van der Waals surface area contributed by atoms with Crippen molar-refractivity contribution in [1.82, 2.24) is 14.9 Å². The van der Waals surface area contributed by atoms with Crippen molar-refractivity contribution in [1.29, 1.82) is 0 Å². The van der Waals surface area contributed by atoms with Gasteiger partial charge < -0.3 is 18.7 Å². The van der Waals surface area contributed by atoms with E-state index in [9.17, 15) is 0 Å². The van der Waals surface area contributed by atoms with Crippen LogP contribution in [0, 0.1) is 13.8 Å². The maximum absolute atomic E-state index is 5.83. The highest BCUT2D eigenvalue weighted by atomic mass is 16.5. The van der Waals surface area contributed by atoms with E-state index < -0.39 is 0 Å². The van der Waals surface area contributed by atoms with E-state index >= 15 is 0 Å². The van der Waals surface area contributed by atoms with E-state index in [0.29, 0.717) is 26.4 Å². The zero-order valence-corrected chi connectivity index (χ0v) is 13.9. The summed E-state index contributed by atoms with van der Waals surface area (Å²) in [6.45, 7) is 6.85. The molecule has 126 valence electrons. The number of nitrogens with zero attached hydrogens (tertiary/aromatic N) is 3. The first kappa shape index (κ1) is 16.2. The third-order valence-corrected chi connectivity index (χ3v) is 4.09. The van der Waals surface area contributed by atoms with Gasteiger partial charge in [-0.3, -0.25) is 4.68 Å². The minimum atomic E-state index is -0.122. The predicted molar refractivity (Wildman–Crippen MR) is 82.1 cm³/mol. The molecule has 0 fully saturated rings. The van der Waals surface area contributed by atoms with Crippen LogP contribution in [0.25, 0.3) is 0 Å². The molecule has 3 heterocycles. The Hall–Kier alpha value is -1.70. The predicted octanol–water partition coefficient (Wildman–Crippen LogP) is 1.96. The van der Waals surface area contributed by atoms with Gasteiger partial charge in [0.25, 0.3) is 0 Å². The molecular weight excluding hydrogens is 298 g/mol. The minimum absolute atomic E-state index is 0.122. The third-order valence-electron chi connectivity index (χ3n) is 4.09. The smallest absolute Gasteiger partial charge is 0.139 e. The number of ether oxygens (including phenoxy) is 3. The fraction of sp³-hybridized carbons (Fsp3) is 0.625. The zero-order valence-electron chi connectivity index (χ0n) is 13.9. The van der Waals surface area contributed by atoms with E-state index in [0.717, 1.165) is 35.7 Å². The Morgan fingerprint density at radius 2 is 2.26 bits per heavy atom. The van der Waals surface area contributed by atoms with Crippen LogP contribution < -0.4 is 0 Å². The average molecular weight is 321 g/mol. The van der Waals surface area contributed by atoms with Gasteiger partial charge in [0.15, 0.2) is 0 Å². The lowest BCUT2D eigenvalue weighted by molar-refractivity contribution is -0.0324. The number of aryl methyl sites for hydroxylation is 2. The second-order valence-corrected chi connectivity index (χ2v) is 5.72. The van der Waals surface area contributed by atoms with Crippen molar-refractivity contribution in [2.45, 2.75) is 39.5 Å². The molecule has 23 heavy (non-hydrogen) atoms. The molecule has 7 heteroatoms. The van der Waals surface area contributed by atoms with E-state index in [4.69, 9.17) is 18.7 Å². The Kier molecular flexibility index (Phi) is 5.09. The average Bonchev–Trinajstić information content (AvgIpc) is 3.10. The number of fused-ring (bicyclic) bond motifs is 1. The highest BCUT2D eigenvalue weighted by Crippen LogP contribution is 2.26. The van der Waals surface area contributed by atoms with Crippen molar-refractivity contribution in [2.75, 3.05) is 26.9 Å². The standard InChI is InChI=1S/C16H23N3O4/c1-11-14(12(2)23-18-11)9-21-10-15-16-13(4-6-22-15)8-19(17-16)5-7-20-3/h8,15H,4-7,9-10H2,1-3H3. The van der Waals surface area contributed by atoms with Gasteiger partial charge in [0, 0.05) is 18.9 Å². The molecule has 2 aromatic rings. The van der Waals surface area contributed by atoms with Gasteiger partial charge in [-0.2, -0.15) is 5.10 Å². The van der Waals surface area contributed by atoms with E-state index in [1.165, 1.54) is 5.56 Å². The van der Waals surface area contributed by atoms with Crippen molar-refractivity contribution in [3.05, 3.63) is 34.5 Å². The third kappa shape index (κ3) is 3.63. The Morgan fingerprint density at radius 3 is 3.00 bits per heavy atom. The van der Waals surface area contributed by atoms with E-state index in [1.54, 1.807) is 7.11 Å². The summed E-state index contributed by atoms with van der Waals surface area (Å²) in [5.41, 5.74) is 4.09. The van der Waals surface area contributed by atoms with E-state index in [1.807, 2.05) is 18.5 Å². The quantitative estimate of drug-likeness (QED) is 0.776. The lowest BCUT2D eigenvalue weighted by Gasteiger charge is -2.21. The second kappa shape index (κ2) is 7.25. The Balaban J connectivity index is 1.60. The van der Waals surface area contributed by atoms with Gasteiger partial charge in [-0.1, -0.05) is 5.16 Å². The summed E-state index contributed by atoms with van der Waals surface area (Å²) in [5, 5.41) is 8.56. The summed E-state index contributed by atoms with van der Waals surface area (Å²) < 4.78 is 23.8. The van der Waals surface area contributed by atoms with Crippen molar-refractivity contribution in [3.63, 3.8) is 0 Å². The van der Waals surface area contributed by atoms with Gasteiger partial charge >= 0.3 is 0 Å². The Morgan fingerprint density at radius 1 is 1.39 bits per heavy atom. The Bertz CT molecular complexity index is 630. The maximum atomic E-state index is 5.83. The van der Waals surface area contributed by atoms with Crippen molar-refractivity contribution >= 4 is 0 Å². The van der Waals surface area contributed by atoms with Crippen LogP contribution in [0.3, 0.4) is 0 Å². The number of hydrogen-bond acceptors (Lipinski definition) is 6. The highest BCUT2D eigenvalue weighted by Gasteiger charge is 2.25. The molecule has 0 N–H and O–H groups in total. The van der Waals surface area contributed by atoms with Crippen LogP contribution in [-0.2, 0) is 33.8 Å². The molecule has 0 bridgehead atoms. The fourth-order valence-electron chi connectivity index (χ4n) is 2.73. The summed E-state index contributed by atoms with van der Waals surface area (Å²) in [4.78, 5) is 0. The summed E-state index contributed by atoms with van der Waals surface area (Å²) in [5.74, 6) is 0.802. The van der Waals surface area contributed by atoms with Gasteiger partial charge in [0.2, 0.25) is 0 Å². The first-order valence-corrected chi connectivity index (χ1v) is 7.85. The van der Waals surface area contributed by atoms with Crippen molar-refractivity contribution < 1.29 is 18.7 Å². The lowest BCUT2D eigenvalue weighted by atomic mass is 10.1. The zero-order chi connectivity index (χ0) is 16.2. The normalized spacial score (nSPS) is 17.4. The first-order chi connectivity index (χ1) is 11.2. The van der Waals surface area contributed by atoms with Crippen LogP contribution in [0.1, 0.15) is 34.4 Å². The SMILES string of the molecule is COCCn1cc2c(n1)C(COCc1c(C)noc1C)OCC2. The number of aromatic nitrogens is 3. The number of hydrogen-bond donors (Lipinski definition) is 0. The summed E-state index contributed by atoms with van der Waals surface area (Å²) in [6, 6.07) is 0. The molecular formula is C16H23N3O4. The highest BCUT2D eigenvalue weighted by molar-refractivity contribution is 5.22. The molecule has 0 amide bonds. The molecule has 1 unspecified atom stereocenters. The molecule has 0 spiro atoms. The molecule has 7 nitrogen and oxygen atoms in total. The van der Waals surface area contributed by atoms with E-state index in [-0.39, 0.29) is 6.10 Å². The molecule has 1 aliphatic heterocycles. The molecule has 1 aliphatic rings. The Labute approximate surface area is 135 Å². The van der Waals surface area contributed by atoms with Crippen molar-refractivity contribution in [2.24, 2.45) is 0 Å². The first-order valence-electron chi connectivity index (χ1n) is 7.85. The van der Waals surface area contributed by atoms with Crippen molar-refractivity contribution in [3.8, 4) is 0 Å². The topological polar surface area (TPSA) is 71.5 Å². The summed E-state index contributed by atoms with van der Waals surface area (Å²) >= 11 is 0. The molecule has 0 radical (unpaired) electrons. The van der Waals surface area contributed by atoms with Crippen LogP contribution in [-0.4, -0.2) is 41.9 Å².